The molecule has 3 nitrogen and oxygen atoms in total. The number of hydrogen-bond acceptors (Lipinski definition) is 2. The number of rotatable bonds is 3. The van der Waals surface area contributed by atoms with Crippen LogP contribution in [0.5, 0.6) is 0 Å². The Morgan fingerprint density at radius 1 is 1.47 bits per heavy atom. The zero-order valence-corrected chi connectivity index (χ0v) is 13.4. The van der Waals surface area contributed by atoms with Gasteiger partial charge in [-0.1, -0.05) is 39.4 Å². The number of amides is 1. The third-order valence-electron chi connectivity index (χ3n) is 2.65. The first-order valence-electron chi connectivity index (χ1n) is 6.62. The summed E-state index contributed by atoms with van der Waals surface area (Å²) < 4.78 is 0. The second kappa shape index (κ2) is 6.53. The van der Waals surface area contributed by atoms with Crippen molar-refractivity contribution in [2.45, 2.75) is 39.9 Å². The number of nitrogens with one attached hydrogen (secondary N) is 1. The molecule has 1 aromatic heterocycles. The van der Waals surface area contributed by atoms with E-state index in [1.54, 1.807) is 12.3 Å². The fourth-order valence-electron chi connectivity index (χ4n) is 1.28. The Balaban J connectivity index is 2.83. The van der Waals surface area contributed by atoms with Crippen LogP contribution >= 0.6 is 0 Å². The number of carbonyl (C=O) groups excluding carboxylic acids is 1. The number of anilines is 1. The molecule has 0 aliphatic rings. The Morgan fingerprint density at radius 3 is 2.74 bits per heavy atom. The fraction of sp³-hybridized carbons (Fsp3) is 0.467. The predicted molar refractivity (Wildman–Crippen MR) is 82.5 cm³/mol. The van der Waals surface area contributed by atoms with E-state index in [1.165, 1.54) is 0 Å². The van der Waals surface area contributed by atoms with Crippen molar-refractivity contribution in [2.75, 3.05) is 5.32 Å². The zero-order valence-electron chi connectivity index (χ0n) is 12.4. The van der Waals surface area contributed by atoms with E-state index in [0.29, 0.717) is 5.69 Å². The van der Waals surface area contributed by atoms with Gasteiger partial charge in [0.2, 0.25) is 5.91 Å². The van der Waals surface area contributed by atoms with Crippen LogP contribution < -0.4 is 5.32 Å². The molecule has 0 bridgehead atoms. The summed E-state index contributed by atoms with van der Waals surface area (Å²) in [4.78, 5) is 16.0. The van der Waals surface area contributed by atoms with Crippen molar-refractivity contribution < 1.29 is 4.79 Å². The molecular weight excluding hydrogens is 252 g/mol. The molecule has 19 heavy (non-hydrogen) atoms. The molecule has 4 heteroatoms. The fourth-order valence-corrected chi connectivity index (χ4v) is 1.78. The minimum atomic E-state index is -1.40. The van der Waals surface area contributed by atoms with Crippen LogP contribution in [-0.4, -0.2) is 19.0 Å². The first-order chi connectivity index (χ1) is 8.81. The highest BCUT2D eigenvalue weighted by atomic mass is 28.3. The smallest absolute Gasteiger partial charge is 0.227 e. The molecule has 1 rings (SSSR count). The molecule has 0 aromatic carbocycles. The van der Waals surface area contributed by atoms with Crippen LogP contribution in [0.25, 0.3) is 0 Å². The van der Waals surface area contributed by atoms with Gasteiger partial charge < -0.3 is 5.32 Å². The Kier molecular flexibility index (Phi) is 5.31. The molecule has 1 aromatic rings. The second-order valence-corrected chi connectivity index (χ2v) is 10.5. The van der Waals surface area contributed by atoms with Crippen LogP contribution in [0.1, 0.15) is 26.0 Å². The second-order valence-electron chi connectivity index (χ2n) is 5.73. The van der Waals surface area contributed by atoms with Crippen molar-refractivity contribution in [1.29, 1.82) is 0 Å². The van der Waals surface area contributed by atoms with E-state index >= 15 is 0 Å². The van der Waals surface area contributed by atoms with Gasteiger partial charge in [0.15, 0.2) is 0 Å². The molecule has 0 fully saturated rings. The van der Waals surface area contributed by atoms with E-state index in [9.17, 15) is 4.79 Å². The summed E-state index contributed by atoms with van der Waals surface area (Å²) >= 11 is 0. The molecular formula is C15H22N2OSi. The summed E-state index contributed by atoms with van der Waals surface area (Å²) in [6, 6.07) is 3.62. The zero-order chi connectivity index (χ0) is 14.5. The Labute approximate surface area is 116 Å². The van der Waals surface area contributed by atoms with Gasteiger partial charge in [0, 0.05) is 17.8 Å². The van der Waals surface area contributed by atoms with E-state index in [0.717, 1.165) is 12.1 Å². The molecule has 0 aliphatic heterocycles. The Bertz CT molecular complexity index is 509. The molecule has 0 saturated carbocycles. The maximum Gasteiger partial charge on any atom is 0.227 e. The van der Waals surface area contributed by atoms with E-state index < -0.39 is 8.07 Å². The first-order valence-corrected chi connectivity index (χ1v) is 10.1. The van der Waals surface area contributed by atoms with E-state index in [-0.39, 0.29) is 11.8 Å². The minimum absolute atomic E-state index is 0.0182. The van der Waals surface area contributed by atoms with Gasteiger partial charge in [0.05, 0.1) is 0 Å². The SMILES string of the molecule is CCC(C)C(=O)Nc1ccnc(C#C[Si](C)(C)C)c1. The van der Waals surface area contributed by atoms with Crippen molar-refractivity contribution >= 4 is 19.7 Å². The minimum Gasteiger partial charge on any atom is -0.326 e. The highest BCUT2D eigenvalue weighted by molar-refractivity contribution is 6.83. The van der Waals surface area contributed by atoms with Gasteiger partial charge in [-0.05, 0) is 18.6 Å². The summed E-state index contributed by atoms with van der Waals surface area (Å²) in [7, 11) is -1.40. The quantitative estimate of drug-likeness (QED) is 0.679. The average Bonchev–Trinajstić information content (AvgIpc) is 2.35. The lowest BCUT2D eigenvalue weighted by atomic mass is 10.1. The molecule has 1 atom stereocenters. The third kappa shape index (κ3) is 5.71. The van der Waals surface area contributed by atoms with E-state index in [2.05, 4.69) is 41.4 Å². The first kappa shape index (κ1) is 15.5. The standard InChI is InChI=1S/C15H22N2OSi/c1-6-12(2)15(18)17-14-7-9-16-13(11-14)8-10-19(3,4)5/h7,9,11-12H,6H2,1-5H3,(H,16,17,18). The molecule has 1 heterocycles. The van der Waals surface area contributed by atoms with E-state index in [1.807, 2.05) is 19.9 Å². The number of nitrogens with zero attached hydrogens (tertiary/aromatic N) is 1. The molecule has 102 valence electrons. The van der Waals surface area contributed by atoms with Gasteiger partial charge >= 0.3 is 0 Å². The molecule has 1 N–H and O–H groups in total. The summed E-state index contributed by atoms with van der Waals surface area (Å²) in [5.41, 5.74) is 4.74. The number of aromatic nitrogens is 1. The van der Waals surface area contributed by atoms with Crippen molar-refractivity contribution in [3.8, 4) is 11.5 Å². The van der Waals surface area contributed by atoms with Crippen LogP contribution in [0.15, 0.2) is 18.3 Å². The van der Waals surface area contributed by atoms with Gasteiger partial charge in [0.25, 0.3) is 0 Å². The van der Waals surface area contributed by atoms with Crippen LogP contribution in [-0.2, 0) is 4.79 Å². The molecule has 0 radical (unpaired) electrons. The van der Waals surface area contributed by atoms with Crippen LogP contribution in [0.4, 0.5) is 5.69 Å². The lowest BCUT2D eigenvalue weighted by Crippen LogP contribution is -2.19. The molecule has 0 spiro atoms. The highest BCUT2D eigenvalue weighted by Gasteiger charge is 2.11. The van der Waals surface area contributed by atoms with E-state index in [4.69, 9.17) is 0 Å². The molecule has 1 amide bonds. The summed E-state index contributed by atoms with van der Waals surface area (Å²) in [5.74, 6) is 3.15. The van der Waals surface area contributed by atoms with Crippen molar-refractivity contribution in [2.24, 2.45) is 5.92 Å². The Hall–Kier alpha value is -1.60. The maximum atomic E-state index is 11.8. The van der Waals surface area contributed by atoms with Crippen LogP contribution in [0.3, 0.4) is 0 Å². The largest absolute Gasteiger partial charge is 0.326 e. The summed E-state index contributed by atoms with van der Waals surface area (Å²) in [6.07, 6.45) is 2.51. The lowest BCUT2D eigenvalue weighted by molar-refractivity contribution is -0.119. The predicted octanol–water partition coefficient (Wildman–Crippen LogP) is 3.30. The van der Waals surface area contributed by atoms with Crippen molar-refractivity contribution in [3.05, 3.63) is 24.0 Å². The van der Waals surface area contributed by atoms with Gasteiger partial charge in [0.1, 0.15) is 13.8 Å². The van der Waals surface area contributed by atoms with Gasteiger partial charge in [-0.2, -0.15) is 0 Å². The molecule has 1 unspecified atom stereocenters. The van der Waals surface area contributed by atoms with Crippen LogP contribution in [0.2, 0.25) is 19.6 Å². The van der Waals surface area contributed by atoms with Gasteiger partial charge in [-0.25, -0.2) is 4.98 Å². The van der Waals surface area contributed by atoms with Gasteiger partial charge in [-0.15, -0.1) is 5.54 Å². The lowest BCUT2D eigenvalue weighted by Gasteiger charge is -2.09. The molecule has 0 saturated heterocycles. The topological polar surface area (TPSA) is 42.0 Å². The monoisotopic (exact) mass is 274 g/mol. The third-order valence-corrected chi connectivity index (χ3v) is 3.53. The summed E-state index contributed by atoms with van der Waals surface area (Å²) in [6.45, 7) is 10.5. The molecule has 0 aliphatic carbocycles. The number of carbonyl (C=O) groups is 1. The average molecular weight is 274 g/mol. The number of pyridine rings is 1. The van der Waals surface area contributed by atoms with Crippen molar-refractivity contribution in [3.63, 3.8) is 0 Å². The van der Waals surface area contributed by atoms with Crippen LogP contribution in [0, 0.1) is 17.4 Å². The highest BCUT2D eigenvalue weighted by Crippen LogP contribution is 2.11. The maximum absolute atomic E-state index is 11.8. The Morgan fingerprint density at radius 2 is 2.16 bits per heavy atom. The summed E-state index contributed by atoms with van der Waals surface area (Å²) in [5, 5.41) is 2.89. The van der Waals surface area contributed by atoms with Gasteiger partial charge in [-0.3, -0.25) is 4.79 Å². The number of hydrogen-bond donors (Lipinski definition) is 1. The van der Waals surface area contributed by atoms with Crippen molar-refractivity contribution in [1.82, 2.24) is 4.98 Å². The normalized spacial score (nSPS) is 12.3.